The van der Waals surface area contributed by atoms with Crippen molar-refractivity contribution in [2.24, 2.45) is 0 Å². The maximum absolute atomic E-state index is 4.57. The topological polar surface area (TPSA) is 12.9 Å². The molecule has 1 heterocycles. The lowest BCUT2D eigenvalue weighted by atomic mass is 9.84. The fourth-order valence-electron chi connectivity index (χ4n) is 6.41. The number of pyridine rings is 1. The van der Waals surface area contributed by atoms with E-state index in [1.54, 1.807) is 0 Å². The van der Waals surface area contributed by atoms with Crippen LogP contribution in [0.4, 0.5) is 0 Å². The molecule has 0 atom stereocenters. The van der Waals surface area contributed by atoms with Gasteiger partial charge in [-0.2, -0.15) is 0 Å². The van der Waals surface area contributed by atoms with Crippen molar-refractivity contribution in [3.05, 3.63) is 176 Å². The zero-order valence-electron chi connectivity index (χ0n) is 24.2. The third kappa shape index (κ3) is 4.65. The molecule has 1 nitrogen and oxygen atoms in total. The maximum atomic E-state index is 4.57. The van der Waals surface area contributed by atoms with E-state index < -0.39 is 0 Å². The summed E-state index contributed by atoms with van der Waals surface area (Å²) in [5, 5.41) is 5.00. The maximum Gasteiger partial charge on any atom is 0.0701 e. The Morgan fingerprint density at radius 1 is 0.273 bits per heavy atom. The van der Waals surface area contributed by atoms with E-state index >= 15 is 0 Å². The second-order valence-corrected chi connectivity index (χ2v) is 11.2. The first-order valence-electron chi connectivity index (χ1n) is 15.0. The van der Waals surface area contributed by atoms with E-state index in [0.717, 1.165) is 11.3 Å². The number of benzene rings is 7. The van der Waals surface area contributed by atoms with Crippen LogP contribution < -0.4 is 0 Å². The third-order valence-corrected chi connectivity index (χ3v) is 8.55. The van der Waals surface area contributed by atoms with Gasteiger partial charge in [-0.25, -0.2) is 0 Å². The van der Waals surface area contributed by atoms with Crippen LogP contribution in [0, 0.1) is 0 Å². The van der Waals surface area contributed by atoms with Gasteiger partial charge in [0.25, 0.3) is 0 Å². The minimum atomic E-state index is 0.981. The molecule has 206 valence electrons. The molecular formula is C43H29N. The van der Waals surface area contributed by atoms with E-state index in [4.69, 9.17) is 0 Å². The summed E-state index contributed by atoms with van der Waals surface area (Å²) in [7, 11) is 0. The molecule has 0 saturated heterocycles. The van der Waals surface area contributed by atoms with Gasteiger partial charge < -0.3 is 0 Å². The summed E-state index contributed by atoms with van der Waals surface area (Å²) in [6.07, 6.45) is 1.85. The predicted octanol–water partition coefficient (Wildman–Crippen LogP) is 11.7. The SMILES string of the molecule is c1ccc(-c2ccc(-c3c4ccccc4c(-c4ccc(-c5ccccn5)cc4)c4cc(-c5ccccc5)ccc34)cc2)cc1. The molecule has 44 heavy (non-hydrogen) atoms. The fourth-order valence-corrected chi connectivity index (χ4v) is 6.41. The van der Waals surface area contributed by atoms with Crippen molar-refractivity contribution in [1.82, 2.24) is 4.98 Å². The monoisotopic (exact) mass is 559 g/mol. The standard InChI is InChI=1S/C43H29N/c1-3-11-30(12-4-1)32-18-22-34(23-19-32)42-37-15-7-8-16-38(37)43(35-24-20-33(21-25-35)41-17-9-10-28-44-41)40-29-36(26-27-39(40)42)31-13-5-2-6-14-31/h1-29H. The van der Waals surface area contributed by atoms with Crippen molar-refractivity contribution in [2.45, 2.75) is 0 Å². The lowest BCUT2D eigenvalue weighted by Gasteiger charge is -2.19. The zero-order valence-corrected chi connectivity index (χ0v) is 24.2. The average molecular weight is 560 g/mol. The van der Waals surface area contributed by atoms with E-state index in [2.05, 4.69) is 163 Å². The fraction of sp³-hybridized carbons (Fsp3) is 0. The van der Waals surface area contributed by atoms with Crippen LogP contribution in [-0.2, 0) is 0 Å². The van der Waals surface area contributed by atoms with E-state index in [1.165, 1.54) is 66.1 Å². The van der Waals surface area contributed by atoms with Gasteiger partial charge in [-0.1, -0.05) is 152 Å². The van der Waals surface area contributed by atoms with Crippen LogP contribution in [0.5, 0.6) is 0 Å². The molecule has 0 fully saturated rings. The van der Waals surface area contributed by atoms with Crippen molar-refractivity contribution < 1.29 is 0 Å². The summed E-state index contributed by atoms with van der Waals surface area (Å²) >= 11 is 0. The second-order valence-electron chi connectivity index (χ2n) is 11.2. The normalized spacial score (nSPS) is 11.2. The van der Waals surface area contributed by atoms with Gasteiger partial charge in [-0.3, -0.25) is 4.98 Å². The van der Waals surface area contributed by atoms with Gasteiger partial charge in [0, 0.05) is 11.8 Å². The van der Waals surface area contributed by atoms with E-state index in [-0.39, 0.29) is 0 Å². The predicted molar refractivity (Wildman–Crippen MR) is 186 cm³/mol. The van der Waals surface area contributed by atoms with Crippen molar-refractivity contribution in [1.29, 1.82) is 0 Å². The smallest absolute Gasteiger partial charge is 0.0701 e. The molecule has 0 radical (unpaired) electrons. The molecule has 1 heteroatoms. The number of fused-ring (bicyclic) bond motifs is 2. The average Bonchev–Trinajstić information content (AvgIpc) is 3.12. The van der Waals surface area contributed by atoms with Crippen molar-refractivity contribution in [3.8, 4) is 55.8 Å². The highest BCUT2D eigenvalue weighted by molar-refractivity contribution is 6.22. The highest BCUT2D eigenvalue weighted by atomic mass is 14.7. The second kappa shape index (κ2) is 11.1. The molecule has 1 aromatic heterocycles. The largest absolute Gasteiger partial charge is 0.256 e. The number of hydrogen-bond acceptors (Lipinski definition) is 1. The van der Waals surface area contributed by atoms with Crippen LogP contribution in [-0.4, -0.2) is 4.98 Å². The molecule has 7 aromatic carbocycles. The Kier molecular flexibility index (Phi) is 6.55. The number of aromatic nitrogens is 1. The highest BCUT2D eigenvalue weighted by Crippen LogP contribution is 2.45. The van der Waals surface area contributed by atoms with Gasteiger partial charge >= 0.3 is 0 Å². The van der Waals surface area contributed by atoms with Crippen LogP contribution >= 0.6 is 0 Å². The lowest BCUT2D eigenvalue weighted by Crippen LogP contribution is -1.92. The summed E-state index contributed by atoms with van der Waals surface area (Å²) in [6, 6.07) is 61.0. The van der Waals surface area contributed by atoms with Crippen molar-refractivity contribution >= 4 is 21.5 Å². The van der Waals surface area contributed by atoms with Gasteiger partial charge in [0.2, 0.25) is 0 Å². The van der Waals surface area contributed by atoms with E-state index in [9.17, 15) is 0 Å². The number of rotatable bonds is 5. The summed E-state index contributed by atoms with van der Waals surface area (Å²) in [6.45, 7) is 0. The Bertz CT molecular complexity index is 2220. The minimum Gasteiger partial charge on any atom is -0.256 e. The molecule has 0 saturated carbocycles. The molecule has 8 aromatic rings. The van der Waals surface area contributed by atoms with E-state index in [0.29, 0.717) is 0 Å². The molecule has 0 aliphatic carbocycles. The van der Waals surface area contributed by atoms with Crippen LogP contribution in [0.3, 0.4) is 0 Å². The molecule has 0 spiro atoms. The van der Waals surface area contributed by atoms with Crippen LogP contribution in [0.1, 0.15) is 0 Å². The Hall–Kier alpha value is -5.79. The first kappa shape index (κ1) is 25.9. The number of hydrogen-bond donors (Lipinski definition) is 0. The minimum absolute atomic E-state index is 0.981. The Labute approximate surface area is 257 Å². The molecule has 0 aliphatic rings. The summed E-state index contributed by atoms with van der Waals surface area (Å²) in [4.78, 5) is 4.57. The van der Waals surface area contributed by atoms with Gasteiger partial charge in [-0.05, 0) is 84.3 Å². The highest BCUT2D eigenvalue weighted by Gasteiger charge is 2.18. The van der Waals surface area contributed by atoms with Gasteiger partial charge in [0.05, 0.1) is 5.69 Å². The van der Waals surface area contributed by atoms with Crippen LogP contribution in [0.25, 0.3) is 77.3 Å². The molecule has 8 rings (SSSR count). The summed E-state index contributed by atoms with van der Waals surface area (Å²) in [5.74, 6) is 0. The Morgan fingerprint density at radius 2 is 0.705 bits per heavy atom. The molecular weight excluding hydrogens is 530 g/mol. The molecule has 0 N–H and O–H groups in total. The number of nitrogens with zero attached hydrogens (tertiary/aromatic N) is 1. The first-order valence-corrected chi connectivity index (χ1v) is 15.0. The summed E-state index contributed by atoms with van der Waals surface area (Å²) in [5.41, 5.74) is 11.9. The Balaban J connectivity index is 1.38. The zero-order chi connectivity index (χ0) is 29.3. The molecule has 0 amide bonds. The molecule has 0 unspecified atom stereocenters. The van der Waals surface area contributed by atoms with Crippen molar-refractivity contribution in [2.75, 3.05) is 0 Å². The van der Waals surface area contributed by atoms with Gasteiger partial charge in [-0.15, -0.1) is 0 Å². The Morgan fingerprint density at radius 3 is 1.30 bits per heavy atom. The van der Waals surface area contributed by atoms with E-state index in [1.807, 2.05) is 18.3 Å². The summed E-state index contributed by atoms with van der Waals surface area (Å²) < 4.78 is 0. The van der Waals surface area contributed by atoms with Crippen molar-refractivity contribution in [3.63, 3.8) is 0 Å². The molecule has 0 bridgehead atoms. The van der Waals surface area contributed by atoms with Gasteiger partial charge in [0.1, 0.15) is 0 Å². The third-order valence-electron chi connectivity index (χ3n) is 8.55. The lowest BCUT2D eigenvalue weighted by molar-refractivity contribution is 1.33. The quantitative estimate of drug-likeness (QED) is 0.191. The van der Waals surface area contributed by atoms with Crippen LogP contribution in [0.15, 0.2) is 176 Å². The van der Waals surface area contributed by atoms with Gasteiger partial charge in [0.15, 0.2) is 0 Å². The molecule has 0 aliphatic heterocycles. The first-order chi connectivity index (χ1) is 21.8. The van der Waals surface area contributed by atoms with Crippen LogP contribution in [0.2, 0.25) is 0 Å².